The summed E-state index contributed by atoms with van der Waals surface area (Å²) >= 11 is 0. The summed E-state index contributed by atoms with van der Waals surface area (Å²) in [7, 11) is 0. The molecule has 2 N–H and O–H groups in total. The molecule has 30 heavy (non-hydrogen) atoms. The average Bonchev–Trinajstić information content (AvgIpc) is 3.13. The highest BCUT2D eigenvalue weighted by molar-refractivity contribution is 5.72. The molecule has 1 aliphatic rings. The predicted molar refractivity (Wildman–Crippen MR) is 120 cm³/mol. The van der Waals surface area contributed by atoms with Crippen molar-refractivity contribution in [3.63, 3.8) is 0 Å². The Hall–Kier alpha value is -2.69. The van der Waals surface area contributed by atoms with Gasteiger partial charge in [-0.15, -0.1) is 0 Å². The second-order valence-corrected chi connectivity index (χ2v) is 8.05. The Morgan fingerprint density at radius 3 is 2.10 bits per heavy atom. The smallest absolute Gasteiger partial charge is 0.315 e. The van der Waals surface area contributed by atoms with Gasteiger partial charge in [-0.3, -0.25) is 0 Å². The van der Waals surface area contributed by atoms with Gasteiger partial charge in [-0.05, 0) is 81.7 Å². The van der Waals surface area contributed by atoms with Gasteiger partial charge in [0, 0.05) is 12.1 Å². The highest BCUT2D eigenvalue weighted by atomic mass is 16.5. The van der Waals surface area contributed by atoms with Gasteiger partial charge in [0.2, 0.25) is 0 Å². The van der Waals surface area contributed by atoms with Crippen LogP contribution in [0, 0.1) is 12.8 Å². The second-order valence-electron chi connectivity index (χ2n) is 8.05. The first kappa shape index (κ1) is 22.0. The molecule has 0 aliphatic heterocycles. The third kappa shape index (κ3) is 4.89. The summed E-state index contributed by atoms with van der Waals surface area (Å²) in [5, 5.41) is 0. The highest BCUT2D eigenvalue weighted by Crippen LogP contribution is 2.35. The Balaban J connectivity index is 1.75. The molecule has 5 nitrogen and oxygen atoms in total. The van der Waals surface area contributed by atoms with Crippen LogP contribution in [0.3, 0.4) is 0 Å². The topological polar surface area (TPSA) is 64.8 Å². The SMILES string of the molecule is CCOc1cc(C(C)N(CCC2Cc3ccccc3C2)C(N)=O)cc(OCC)c1C. The molecule has 0 radical (unpaired) electrons. The maximum absolute atomic E-state index is 12.3. The van der Waals surface area contributed by atoms with Crippen LogP contribution in [0.15, 0.2) is 36.4 Å². The van der Waals surface area contributed by atoms with Crippen molar-refractivity contribution >= 4 is 6.03 Å². The Morgan fingerprint density at radius 1 is 1.10 bits per heavy atom. The standard InChI is InChI=1S/C25H34N2O3/c1-5-29-23-15-22(16-24(17(23)3)30-6-2)18(4)27(25(26)28)12-11-19-13-20-9-7-8-10-21(20)14-19/h7-10,15-16,18-19H,5-6,11-14H2,1-4H3,(H2,26,28). The first-order chi connectivity index (χ1) is 14.4. The number of benzene rings is 2. The van der Waals surface area contributed by atoms with E-state index in [1.54, 1.807) is 4.90 Å². The molecular weight excluding hydrogens is 376 g/mol. The summed E-state index contributed by atoms with van der Waals surface area (Å²) in [6, 6.07) is 12.1. The summed E-state index contributed by atoms with van der Waals surface area (Å²) in [4.78, 5) is 14.1. The lowest BCUT2D eigenvalue weighted by atomic mass is 9.99. The third-order valence-corrected chi connectivity index (χ3v) is 6.08. The molecule has 2 aromatic carbocycles. The molecule has 0 aromatic heterocycles. The van der Waals surface area contributed by atoms with Gasteiger partial charge in [0.25, 0.3) is 0 Å². The van der Waals surface area contributed by atoms with Gasteiger partial charge in [0.15, 0.2) is 0 Å². The van der Waals surface area contributed by atoms with Crippen LogP contribution in [0.1, 0.15) is 55.5 Å². The van der Waals surface area contributed by atoms with Crippen molar-refractivity contribution in [2.75, 3.05) is 19.8 Å². The molecule has 1 aliphatic carbocycles. The molecule has 1 unspecified atom stereocenters. The molecule has 0 bridgehead atoms. The number of urea groups is 1. The number of ether oxygens (including phenoxy) is 2. The number of hydrogen-bond donors (Lipinski definition) is 1. The van der Waals surface area contributed by atoms with E-state index in [0.717, 1.165) is 41.9 Å². The van der Waals surface area contributed by atoms with Gasteiger partial charge in [0.05, 0.1) is 19.3 Å². The fraction of sp³-hybridized carbons (Fsp3) is 0.480. The first-order valence-electron chi connectivity index (χ1n) is 11.0. The zero-order valence-corrected chi connectivity index (χ0v) is 18.6. The molecule has 0 heterocycles. The molecule has 5 heteroatoms. The Labute approximate surface area is 180 Å². The average molecular weight is 411 g/mol. The lowest BCUT2D eigenvalue weighted by Crippen LogP contribution is -2.39. The highest BCUT2D eigenvalue weighted by Gasteiger charge is 2.25. The number of rotatable bonds is 9. The van der Waals surface area contributed by atoms with Crippen LogP contribution < -0.4 is 15.2 Å². The van der Waals surface area contributed by atoms with Crippen LogP contribution in [-0.4, -0.2) is 30.7 Å². The van der Waals surface area contributed by atoms with Crippen LogP contribution >= 0.6 is 0 Å². The van der Waals surface area contributed by atoms with Crippen molar-refractivity contribution < 1.29 is 14.3 Å². The minimum Gasteiger partial charge on any atom is -0.493 e. The number of nitrogens with two attached hydrogens (primary N) is 1. The van der Waals surface area contributed by atoms with Gasteiger partial charge in [-0.25, -0.2) is 4.79 Å². The van der Waals surface area contributed by atoms with E-state index in [1.807, 2.05) is 39.8 Å². The molecule has 2 amide bonds. The quantitative estimate of drug-likeness (QED) is 0.630. The van der Waals surface area contributed by atoms with Gasteiger partial charge < -0.3 is 20.1 Å². The van der Waals surface area contributed by atoms with E-state index in [-0.39, 0.29) is 6.04 Å². The maximum Gasteiger partial charge on any atom is 0.315 e. The molecule has 0 saturated carbocycles. The normalized spacial score (nSPS) is 14.3. The van der Waals surface area contributed by atoms with Gasteiger partial charge in [-0.2, -0.15) is 0 Å². The van der Waals surface area contributed by atoms with Crippen molar-refractivity contribution in [3.05, 3.63) is 58.7 Å². The molecule has 2 aromatic rings. The van der Waals surface area contributed by atoms with Crippen LogP contribution in [0.25, 0.3) is 0 Å². The summed E-state index contributed by atoms with van der Waals surface area (Å²) in [6.45, 7) is 9.73. The van der Waals surface area contributed by atoms with Crippen LogP contribution in [0.2, 0.25) is 0 Å². The summed E-state index contributed by atoms with van der Waals surface area (Å²) < 4.78 is 11.6. The minimum atomic E-state index is -0.394. The summed E-state index contributed by atoms with van der Waals surface area (Å²) in [6.07, 6.45) is 3.08. The van der Waals surface area contributed by atoms with Gasteiger partial charge in [-0.1, -0.05) is 24.3 Å². The number of carbonyl (C=O) groups excluding carboxylic acids is 1. The fourth-order valence-corrected chi connectivity index (χ4v) is 4.38. The lowest BCUT2D eigenvalue weighted by molar-refractivity contribution is 0.183. The number of hydrogen-bond acceptors (Lipinski definition) is 3. The minimum absolute atomic E-state index is 0.162. The van der Waals surface area contributed by atoms with E-state index in [0.29, 0.717) is 25.7 Å². The van der Waals surface area contributed by atoms with Crippen molar-refractivity contribution in [1.82, 2.24) is 4.90 Å². The summed E-state index contributed by atoms with van der Waals surface area (Å²) in [5.74, 6) is 2.13. The zero-order valence-electron chi connectivity index (χ0n) is 18.6. The Bertz CT molecular complexity index is 828. The van der Waals surface area contributed by atoms with E-state index < -0.39 is 6.03 Å². The number of carbonyl (C=O) groups is 1. The van der Waals surface area contributed by atoms with E-state index in [2.05, 4.69) is 24.3 Å². The van der Waals surface area contributed by atoms with E-state index in [4.69, 9.17) is 15.2 Å². The monoisotopic (exact) mass is 410 g/mol. The molecule has 3 rings (SSSR count). The van der Waals surface area contributed by atoms with E-state index in [1.165, 1.54) is 11.1 Å². The number of amides is 2. The third-order valence-electron chi connectivity index (χ3n) is 6.08. The predicted octanol–water partition coefficient (Wildman–Crippen LogP) is 5.04. The first-order valence-corrected chi connectivity index (χ1v) is 11.0. The molecule has 0 fully saturated rings. The summed E-state index contributed by atoms with van der Waals surface area (Å²) in [5.41, 5.74) is 10.6. The Kier molecular flexibility index (Phi) is 7.24. The largest absolute Gasteiger partial charge is 0.493 e. The van der Waals surface area contributed by atoms with Crippen molar-refractivity contribution in [2.24, 2.45) is 11.7 Å². The fourth-order valence-electron chi connectivity index (χ4n) is 4.38. The van der Waals surface area contributed by atoms with Crippen LogP contribution in [-0.2, 0) is 12.8 Å². The van der Waals surface area contributed by atoms with E-state index in [9.17, 15) is 4.79 Å². The number of nitrogens with zero attached hydrogens (tertiary/aromatic N) is 1. The lowest BCUT2D eigenvalue weighted by Gasteiger charge is -2.30. The maximum atomic E-state index is 12.3. The zero-order chi connectivity index (χ0) is 21.7. The molecular formula is C25H34N2O3. The molecule has 162 valence electrons. The van der Waals surface area contributed by atoms with Crippen LogP contribution in [0.4, 0.5) is 4.79 Å². The molecule has 0 spiro atoms. The Morgan fingerprint density at radius 2 is 1.63 bits per heavy atom. The second kappa shape index (κ2) is 9.88. The molecule has 1 atom stereocenters. The van der Waals surface area contributed by atoms with Crippen molar-refractivity contribution in [1.29, 1.82) is 0 Å². The van der Waals surface area contributed by atoms with Crippen molar-refractivity contribution in [2.45, 2.75) is 53.0 Å². The van der Waals surface area contributed by atoms with Crippen molar-refractivity contribution in [3.8, 4) is 11.5 Å². The van der Waals surface area contributed by atoms with Gasteiger partial charge >= 0.3 is 6.03 Å². The molecule has 0 saturated heterocycles. The van der Waals surface area contributed by atoms with Gasteiger partial charge in [0.1, 0.15) is 11.5 Å². The van der Waals surface area contributed by atoms with E-state index >= 15 is 0 Å². The van der Waals surface area contributed by atoms with Crippen LogP contribution in [0.5, 0.6) is 11.5 Å². The number of fused-ring (bicyclic) bond motifs is 1. The number of primary amides is 1.